The van der Waals surface area contributed by atoms with Crippen LogP contribution in [0, 0.1) is 12.8 Å². The molecule has 20 heavy (non-hydrogen) atoms. The summed E-state index contributed by atoms with van der Waals surface area (Å²) in [6, 6.07) is 5.31. The van der Waals surface area contributed by atoms with Crippen LogP contribution in [-0.4, -0.2) is 22.0 Å². The Bertz CT molecular complexity index is 551. The topological polar surface area (TPSA) is 58.2 Å². The predicted molar refractivity (Wildman–Crippen MR) is 81.1 cm³/mol. The zero-order valence-corrected chi connectivity index (χ0v) is 13.1. The van der Waals surface area contributed by atoms with Crippen molar-refractivity contribution in [2.24, 2.45) is 5.92 Å². The van der Waals surface area contributed by atoms with Gasteiger partial charge in [0, 0.05) is 13.1 Å². The minimum Gasteiger partial charge on any atom is -0.316 e. The summed E-state index contributed by atoms with van der Waals surface area (Å²) in [6.07, 6.45) is 4.74. The first-order chi connectivity index (χ1) is 9.53. The molecule has 0 heterocycles. The normalized spacial score (nSPS) is 16.1. The average Bonchev–Trinajstić information content (AvgIpc) is 2.35. The van der Waals surface area contributed by atoms with Gasteiger partial charge in [-0.05, 0) is 49.6 Å². The van der Waals surface area contributed by atoms with Crippen molar-refractivity contribution in [1.29, 1.82) is 0 Å². The van der Waals surface area contributed by atoms with Gasteiger partial charge in [0.15, 0.2) is 0 Å². The highest BCUT2D eigenvalue weighted by Gasteiger charge is 2.19. The summed E-state index contributed by atoms with van der Waals surface area (Å²) in [5, 5.41) is 3.06. The third-order valence-corrected chi connectivity index (χ3v) is 5.53. The Morgan fingerprint density at radius 3 is 2.65 bits per heavy atom. The molecule has 0 aliphatic heterocycles. The van der Waals surface area contributed by atoms with Gasteiger partial charge < -0.3 is 5.32 Å². The third kappa shape index (κ3) is 3.81. The number of sulfonamides is 1. The molecule has 1 fully saturated rings. The number of nitrogens with one attached hydrogen (secondary N) is 2. The fraction of sp³-hybridized carbons (Fsp3) is 0.600. The van der Waals surface area contributed by atoms with E-state index in [1.165, 1.54) is 19.3 Å². The van der Waals surface area contributed by atoms with Crippen LogP contribution >= 0.6 is 0 Å². The molecular formula is C15H24N2O2S. The van der Waals surface area contributed by atoms with E-state index in [0.29, 0.717) is 18.0 Å². The molecule has 0 amide bonds. The lowest BCUT2D eigenvalue weighted by Gasteiger charge is -2.25. The largest absolute Gasteiger partial charge is 0.316 e. The Balaban J connectivity index is 2.01. The van der Waals surface area contributed by atoms with Gasteiger partial charge in [0.2, 0.25) is 10.0 Å². The van der Waals surface area contributed by atoms with Crippen LogP contribution in [0.2, 0.25) is 0 Å². The molecule has 0 saturated heterocycles. The van der Waals surface area contributed by atoms with Crippen molar-refractivity contribution < 1.29 is 8.42 Å². The van der Waals surface area contributed by atoms with Crippen molar-refractivity contribution in [3.05, 3.63) is 29.3 Å². The molecule has 112 valence electrons. The predicted octanol–water partition coefficient (Wildman–Crippen LogP) is 2.18. The molecule has 0 bridgehead atoms. The second-order valence-electron chi connectivity index (χ2n) is 5.60. The van der Waals surface area contributed by atoms with E-state index >= 15 is 0 Å². The molecule has 1 saturated carbocycles. The highest BCUT2D eigenvalue weighted by Crippen LogP contribution is 2.28. The van der Waals surface area contributed by atoms with Crippen molar-refractivity contribution in [2.75, 3.05) is 13.6 Å². The van der Waals surface area contributed by atoms with Gasteiger partial charge in [0.25, 0.3) is 0 Å². The van der Waals surface area contributed by atoms with Crippen molar-refractivity contribution in [2.45, 2.75) is 44.0 Å². The lowest BCUT2D eigenvalue weighted by Crippen LogP contribution is -2.27. The van der Waals surface area contributed by atoms with Crippen LogP contribution < -0.4 is 10.0 Å². The second kappa shape index (κ2) is 6.70. The summed E-state index contributed by atoms with van der Waals surface area (Å²) in [6.45, 7) is 3.21. The first kappa shape index (κ1) is 15.5. The van der Waals surface area contributed by atoms with Gasteiger partial charge in [-0.15, -0.1) is 0 Å². The maximum atomic E-state index is 12.3. The Labute approximate surface area is 122 Å². The third-order valence-electron chi connectivity index (χ3n) is 4.07. The summed E-state index contributed by atoms with van der Waals surface area (Å²) < 4.78 is 27.2. The molecule has 0 atom stereocenters. The molecule has 0 unspecified atom stereocenters. The molecule has 1 aromatic carbocycles. The van der Waals surface area contributed by atoms with Crippen molar-refractivity contribution in [3.63, 3.8) is 0 Å². The van der Waals surface area contributed by atoms with Crippen LogP contribution in [-0.2, 0) is 16.6 Å². The maximum Gasteiger partial charge on any atom is 0.240 e. The highest BCUT2D eigenvalue weighted by atomic mass is 32.2. The Morgan fingerprint density at radius 1 is 1.30 bits per heavy atom. The van der Waals surface area contributed by atoms with Crippen LogP contribution in [0.15, 0.2) is 23.1 Å². The fourth-order valence-corrected chi connectivity index (χ4v) is 3.56. The van der Waals surface area contributed by atoms with E-state index in [1.54, 1.807) is 12.1 Å². The van der Waals surface area contributed by atoms with Gasteiger partial charge in [0.05, 0.1) is 4.90 Å². The average molecular weight is 296 g/mol. The Morgan fingerprint density at radius 2 is 2.05 bits per heavy atom. The molecule has 1 aliphatic rings. The van der Waals surface area contributed by atoms with Crippen LogP contribution in [0.25, 0.3) is 0 Å². The van der Waals surface area contributed by atoms with E-state index in [1.807, 2.05) is 20.0 Å². The smallest absolute Gasteiger partial charge is 0.240 e. The number of benzene rings is 1. The Hall–Kier alpha value is -0.910. The van der Waals surface area contributed by atoms with Crippen molar-refractivity contribution in [3.8, 4) is 0 Å². The SMILES string of the molecule is CNCc1cc(S(=O)(=O)NCCC2CCC2)ccc1C. The molecule has 2 N–H and O–H groups in total. The summed E-state index contributed by atoms with van der Waals surface area (Å²) in [5.74, 6) is 0.718. The molecule has 0 radical (unpaired) electrons. The molecular weight excluding hydrogens is 272 g/mol. The fourth-order valence-electron chi connectivity index (χ4n) is 2.46. The molecule has 1 aromatic rings. The standard InChI is InChI=1S/C15H24N2O2S/c1-12-6-7-15(10-14(12)11-16-2)20(18,19)17-9-8-13-4-3-5-13/h6-7,10,13,16-17H,3-5,8-9,11H2,1-2H3. The maximum absolute atomic E-state index is 12.3. The van der Waals surface area contributed by atoms with E-state index < -0.39 is 10.0 Å². The van der Waals surface area contributed by atoms with E-state index in [2.05, 4.69) is 10.0 Å². The van der Waals surface area contributed by atoms with Gasteiger partial charge in [-0.2, -0.15) is 0 Å². The minimum absolute atomic E-state index is 0.363. The molecule has 1 aliphatic carbocycles. The lowest BCUT2D eigenvalue weighted by molar-refractivity contribution is 0.297. The molecule has 0 aromatic heterocycles. The number of aryl methyl sites for hydroxylation is 1. The summed E-state index contributed by atoms with van der Waals surface area (Å²) in [4.78, 5) is 0.363. The number of hydrogen-bond donors (Lipinski definition) is 2. The first-order valence-electron chi connectivity index (χ1n) is 7.27. The monoisotopic (exact) mass is 296 g/mol. The van der Waals surface area contributed by atoms with Gasteiger partial charge in [-0.1, -0.05) is 25.3 Å². The van der Waals surface area contributed by atoms with Crippen LogP contribution in [0.1, 0.15) is 36.8 Å². The minimum atomic E-state index is -3.38. The van der Waals surface area contributed by atoms with E-state index in [0.717, 1.165) is 23.5 Å². The van der Waals surface area contributed by atoms with Gasteiger partial charge in [0.1, 0.15) is 0 Å². The lowest BCUT2D eigenvalue weighted by atomic mass is 9.83. The molecule has 4 nitrogen and oxygen atoms in total. The molecule has 2 rings (SSSR count). The molecule has 0 spiro atoms. The number of hydrogen-bond acceptors (Lipinski definition) is 3. The molecule has 5 heteroatoms. The van der Waals surface area contributed by atoms with Crippen LogP contribution in [0.3, 0.4) is 0 Å². The van der Waals surface area contributed by atoms with Crippen LogP contribution in [0.4, 0.5) is 0 Å². The first-order valence-corrected chi connectivity index (χ1v) is 8.75. The second-order valence-corrected chi connectivity index (χ2v) is 7.37. The van der Waals surface area contributed by atoms with E-state index in [9.17, 15) is 8.42 Å². The quantitative estimate of drug-likeness (QED) is 0.811. The van der Waals surface area contributed by atoms with E-state index in [4.69, 9.17) is 0 Å². The Kier molecular flexibility index (Phi) is 5.18. The zero-order valence-electron chi connectivity index (χ0n) is 12.3. The van der Waals surface area contributed by atoms with Crippen molar-refractivity contribution in [1.82, 2.24) is 10.0 Å². The highest BCUT2D eigenvalue weighted by molar-refractivity contribution is 7.89. The van der Waals surface area contributed by atoms with Gasteiger partial charge >= 0.3 is 0 Å². The summed E-state index contributed by atoms with van der Waals surface area (Å²) >= 11 is 0. The number of rotatable bonds is 7. The van der Waals surface area contributed by atoms with Crippen LogP contribution in [0.5, 0.6) is 0 Å². The van der Waals surface area contributed by atoms with E-state index in [-0.39, 0.29) is 0 Å². The zero-order chi connectivity index (χ0) is 14.6. The summed E-state index contributed by atoms with van der Waals surface area (Å²) in [7, 11) is -1.52. The summed E-state index contributed by atoms with van der Waals surface area (Å²) in [5.41, 5.74) is 2.13. The van der Waals surface area contributed by atoms with Crippen molar-refractivity contribution >= 4 is 10.0 Å². The van der Waals surface area contributed by atoms with Gasteiger partial charge in [-0.25, -0.2) is 13.1 Å². The van der Waals surface area contributed by atoms with Gasteiger partial charge in [-0.3, -0.25) is 0 Å².